The van der Waals surface area contributed by atoms with Crippen molar-refractivity contribution in [3.05, 3.63) is 21.9 Å². The van der Waals surface area contributed by atoms with Gasteiger partial charge in [0.1, 0.15) is 0 Å². The van der Waals surface area contributed by atoms with Gasteiger partial charge in [0.05, 0.1) is 0 Å². The van der Waals surface area contributed by atoms with E-state index in [4.69, 9.17) is 0 Å². The lowest BCUT2D eigenvalue weighted by Gasteiger charge is -2.30. The molecule has 0 fully saturated rings. The maximum atomic E-state index is 4.34. The normalized spacial score (nSPS) is 15.3. The molecule has 5 nitrogen and oxygen atoms in total. The van der Waals surface area contributed by atoms with Gasteiger partial charge in [0, 0.05) is 63.3 Å². The molecule has 0 amide bonds. The van der Waals surface area contributed by atoms with E-state index >= 15 is 0 Å². The molecule has 1 aliphatic heterocycles. The summed E-state index contributed by atoms with van der Waals surface area (Å²) >= 11 is 1.90. The van der Waals surface area contributed by atoms with Gasteiger partial charge in [0.15, 0.2) is 5.96 Å². The van der Waals surface area contributed by atoms with Gasteiger partial charge < -0.3 is 10.6 Å². The third-order valence-corrected chi connectivity index (χ3v) is 5.84. The van der Waals surface area contributed by atoms with Crippen molar-refractivity contribution in [1.29, 1.82) is 0 Å². The van der Waals surface area contributed by atoms with Crippen LogP contribution in [0.2, 0.25) is 0 Å². The highest BCUT2D eigenvalue weighted by molar-refractivity contribution is 14.0. The first kappa shape index (κ1) is 23.7. The summed E-state index contributed by atoms with van der Waals surface area (Å²) in [5, 5.41) is 9.11. The van der Waals surface area contributed by atoms with Crippen molar-refractivity contribution in [3.8, 4) is 0 Å². The second-order valence-corrected chi connectivity index (χ2v) is 8.25. The van der Waals surface area contributed by atoms with Gasteiger partial charge in [-0.3, -0.25) is 14.8 Å². The number of fused-ring (bicyclic) bond motifs is 1. The Morgan fingerprint density at radius 1 is 1.23 bits per heavy atom. The molecule has 2 heterocycles. The fraction of sp³-hybridized carbons (Fsp3) is 0.737. The summed E-state index contributed by atoms with van der Waals surface area (Å²) in [7, 11) is 1.84. The lowest BCUT2D eigenvalue weighted by molar-refractivity contribution is 0.178. The first-order chi connectivity index (χ1) is 12.0. The van der Waals surface area contributed by atoms with Crippen molar-refractivity contribution in [2.45, 2.75) is 52.7 Å². The lowest BCUT2D eigenvalue weighted by atomic mass is 10.1. The monoisotopic (exact) mass is 493 g/mol. The van der Waals surface area contributed by atoms with E-state index in [9.17, 15) is 0 Å². The van der Waals surface area contributed by atoms with E-state index in [0.29, 0.717) is 12.1 Å². The Balaban J connectivity index is 0.00000338. The lowest BCUT2D eigenvalue weighted by Crippen LogP contribution is -2.46. The minimum atomic E-state index is 0. The van der Waals surface area contributed by atoms with Crippen molar-refractivity contribution in [2.24, 2.45) is 4.99 Å². The smallest absolute Gasteiger partial charge is 0.191 e. The zero-order valence-electron chi connectivity index (χ0n) is 16.9. The molecule has 0 radical (unpaired) electrons. The summed E-state index contributed by atoms with van der Waals surface area (Å²) in [6, 6.07) is 3.41. The first-order valence-corrected chi connectivity index (χ1v) is 10.4. The summed E-state index contributed by atoms with van der Waals surface area (Å²) in [4.78, 5) is 10.9. The number of aliphatic imine (C=N–C) groups is 1. The van der Waals surface area contributed by atoms with Gasteiger partial charge in [0.2, 0.25) is 0 Å². The number of nitrogens with zero attached hydrogens (tertiary/aromatic N) is 3. The molecule has 7 heteroatoms. The molecule has 0 atom stereocenters. The van der Waals surface area contributed by atoms with Crippen molar-refractivity contribution in [1.82, 2.24) is 20.4 Å². The summed E-state index contributed by atoms with van der Waals surface area (Å²) in [6.07, 6.45) is 1.19. The Hall–Kier alpha value is -0.380. The van der Waals surface area contributed by atoms with Crippen LogP contribution in [0.15, 0.2) is 16.4 Å². The summed E-state index contributed by atoms with van der Waals surface area (Å²) in [5.74, 6) is 0.903. The second kappa shape index (κ2) is 12.2. The van der Waals surface area contributed by atoms with Crippen molar-refractivity contribution in [2.75, 3.05) is 39.8 Å². The van der Waals surface area contributed by atoms with E-state index in [1.54, 1.807) is 4.88 Å². The molecule has 0 aliphatic carbocycles. The van der Waals surface area contributed by atoms with Gasteiger partial charge in [0.25, 0.3) is 0 Å². The second-order valence-electron chi connectivity index (χ2n) is 7.25. The molecule has 0 saturated carbocycles. The highest BCUT2D eigenvalue weighted by Crippen LogP contribution is 2.23. The average molecular weight is 494 g/mol. The summed E-state index contributed by atoms with van der Waals surface area (Å²) in [5.41, 5.74) is 1.52. The quantitative estimate of drug-likeness (QED) is 0.332. The Labute approximate surface area is 180 Å². The first-order valence-electron chi connectivity index (χ1n) is 9.49. The molecule has 150 valence electrons. The van der Waals surface area contributed by atoms with Crippen LogP contribution >= 0.6 is 35.3 Å². The Bertz CT molecular complexity index is 536. The van der Waals surface area contributed by atoms with Gasteiger partial charge in [-0.1, -0.05) is 0 Å². The minimum absolute atomic E-state index is 0. The predicted octanol–water partition coefficient (Wildman–Crippen LogP) is 3.01. The molecule has 1 aromatic heterocycles. The Morgan fingerprint density at radius 2 is 1.92 bits per heavy atom. The highest BCUT2D eigenvalue weighted by Gasteiger charge is 2.16. The van der Waals surface area contributed by atoms with Crippen molar-refractivity contribution in [3.63, 3.8) is 0 Å². The zero-order chi connectivity index (χ0) is 18.2. The number of hydrogen-bond donors (Lipinski definition) is 2. The van der Waals surface area contributed by atoms with Crippen LogP contribution in [0, 0.1) is 0 Å². The maximum absolute atomic E-state index is 4.34. The number of halogens is 1. The third-order valence-electron chi connectivity index (χ3n) is 4.82. The summed E-state index contributed by atoms with van der Waals surface area (Å²) < 4.78 is 0. The molecule has 1 aromatic rings. The minimum Gasteiger partial charge on any atom is -0.355 e. The van der Waals surface area contributed by atoms with Crippen LogP contribution in [0.5, 0.6) is 0 Å². The molecule has 2 rings (SSSR count). The van der Waals surface area contributed by atoms with Crippen LogP contribution in [0.4, 0.5) is 0 Å². The standard InChI is InChI=1S/C19H35N5S.HI/c1-15(2)24(16(3)4)12-9-22-19(20-5)21-8-11-23-10-6-18-17(14-23)7-13-25-18;/h7,13,15-16H,6,8-12,14H2,1-5H3,(H2,20,21,22);1H. The van der Waals surface area contributed by atoms with Crippen LogP contribution in [0.1, 0.15) is 38.1 Å². The SMILES string of the molecule is CN=C(NCCN1CCc2sccc2C1)NCCN(C(C)C)C(C)C.I. The molecular weight excluding hydrogens is 457 g/mol. The maximum Gasteiger partial charge on any atom is 0.191 e. The van der Waals surface area contributed by atoms with E-state index in [1.165, 1.54) is 18.5 Å². The van der Waals surface area contributed by atoms with Crippen molar-refractivity contribution >= 4 is 41.3 Å². The van der Waals surface area contributed by atoms with E-state index in [0.717, 1.165) is 38.7 Å². The van der Waals surface area contributed by atoms with E-state index in [2.05, 4.69) is 64.6 Å². The molecule has 26 heavy (non-hydrogen) atoms. The Kier molecular flexibility index (Phi) is 11.1. The molecule has 0 aromatic carbocycles. The fourth-order valence-electron chi connectivity index (χ4n) is 3.47. The van der Waals surface area contributed by atoms with E-state index < -0.39 is 0 Å². The summed E-state index contributed by atoms with van der Waals surface area (Å²) in [6.45, 7) is 15.2. The fourth-order valence-corrected chi connectivity index (χ4v) is 4.36. The molecule has 2 N–H and O–H groups in total. The number of hydrogen-bond acceptors (Lipinski definition) is 4. The molecule has 0 bridgehead atoms. The largest absolute Gasteiger partial charge is 0.355 e. The predicted molar refractivity (Wildman–Crippen MR) is 125 cm³/mol. The molecule has 0 saturated heterocycles. The number of guanidine groups is 1. The van der Waals surface area contributed by atoms with E-state index in [-0.39, 0.29) is 24.0 Å². The van der Waals surface area contributed by atoms with Crippen LogP contribution in [-0.2, 0) is 13.0 Å². The van der Waals surface area contributed by atoms with Gasteiger partial charge in [-0.2, -0.15) is 0 Å². The topological polar surface area (TPSA) is 42.9 Å². The van der Waals surface area contributed by atoms with Crippen LogP contribution < -0.4 is 10.6 Å². The van der Waals surface area contributed by atoms with Crippen LogP contribution in [0.3, 0.4) is 0 Å². The Morgan fingerprint density at radius 3 is 2.58 bits per heavy atom. The number of rotatable bonds is 8. The molecule has 0 unspecified atom stereocenters. The number of nitrogens with one attached hydrogen (secondary N) is 2. The molecular formula is C19H36IN5S. The van der Waals surface area contributed by atoms with Crippen molar-refractivity contribution < 1.29 is 0 Å². The molecule has 0 spiro atoms. The number of thiophene rings is 1. The zero-order valence-corrected chi connectivity index (χ0v) is 20.1. The van der Waals surface area contributed by atoms with Crippen LogP contribution in [0.25, 0.3) is 0 Å². The van der Waals surface area contributed by atoms with Gasteiger partial charge in [-0.15, -0.1) is 35.3 Å². The molecule has 1 aliphatic rings. The third kappa shape index (κ3) is 7.32. The van der Waals surface area contributed by atoms with Gasteiger partial charge in [-0.25, -0.2) is 0 Å². The van der Waals surface area contributed by atoms with Gasteiger partial charge >= 0.3 is 0 Å². The van der Waals surface area contributed by atoms with Gasteiger partial charge in [-0.05, 0) is 51.1 Å². The highest BCUT2D eigenvalue weighted by atomic mass is 127. The van der Waals surface area contributed by atoms with Crippen LogP contribution in [-0.4, -0.2) is 67.6 Å². The van der Waals surface area contributed by atoms with E-state index in [1.807, 2.05) is 18.4 Å². The average Bonchev–Trinajstić information content (AvgIpc) is 3.04.